The van der Waals surface area contributed by atoms with Crippen molar-refractivity contribution in [2.75, 3.05) is 23.9 Å². The van der Waals surface area contributed by atoms with Crippen LogP contribution in [0.4, 0.5) is 10.7 Å². The third kappa shape index (κ3) is 4.22. The van der Waals surface area contributed by atoms with Crippen molar-refractivity contribution >= 4 is 45.7 Å². The molecule has 1 amide bonds. The lowest BCUT2D eigenvalue weighted by molar-refractivity contribution is -0.113. The number of thioether (sulfide) groups is 1. The first-order valence-electron chi connectivity index (χ1n) is 8.49. The van der Waals surface area contributed by atoms with Crippen molar-refractivity contribution in [1.82, 2.24) is 0 Å². The second kappa shape index (κ2) is 8.14. The lowest BCUT2D eigenvalue weighted by atomic mass is 9.88. The molecule has 1 aliphatic rings. The fraction of sp³-hybridized carbons (Fsp3) is 0.368. The average Bonchev–Trinajstić information content (AvgIpc) is 2.96. The van der Waals surface area contributed by atoms with E-state index in [9.17, 15) is 9.59 Å². The largest absolute Gasteiger partial charge is 0.465 e. The predicted octanol–water partition coefficient (Wildman–Crippen LogP) is 3.97. The predicted molar refractivity (Wildman–Crippen MR) is 107 cm³/mol. The van der Waals surface area contributed by atoms with Crippen LogP contribution in [0.5, 0.6) is 0 Å². The van der Waals surface area contributed by atoms with Gasteiger partial charge in [-0.2, -0.15) is 0 Å². The van der Waals surface area contributed by atoms with E-state index in [1.54, 1.807) is 0 Å². The molecule has 0 saturated carbocycles. The van der Waals surface area contributed by atoms with Crippen LogP contribution in [0.15, 0.2) is 29.2 Å². The average molecular weight is 391 g/mol. The zero-order valence-electron chi connectivity index (χ0n) is 14.8. The van der Waals surface area contributed by atoms with Crippen molar-refractivity contribution in [3.8, 4) is 0 Å². The minimum Gasteiger partial charge on any atom is -0.465 e. The molecule has 1 heterocycles. The van der Waals surface area contributed by atoms with Gasteiger partial charge < -0.3 is 15.8 Å². The number of hydrogen-bond donors (Lipinski definition) is 2. The van der Waals surface area contributed by atoms with E-state index in [-0.39, 0.29) is 17.6 Å². The van der Waals surface area contributed by atoms with E-state index in [1.165, 1.54) is 35.1 Å². The van der Waals surface area contributed by atoms with E-state index in [1.807, 2.05) is 24.3 Å². The maximum absolute atomic E-state index is 12.4. The topological polar surface area (TPSA) is 81.4 Å². The van der Waals surface area contributed by atoms with Gasteiger partial charge in [0.15, 0.2) is 0 Å². The van der Waals surface area contributed by atoms with Crippen LogP contribution in [-0.2, 0) is 22.4 Å². The smallest absolute Gasteiger partial charge is 0.341 e. The summed E-state index contributed by atoms with van der Waals surface area (Å²) in [6.45, 7) is 2.21. The van der Waals surface area contributed by atoms with Crippen molar-refractivity contribution in [2.24, 2.45) is 5.92 Å². The Balaban J connectivity index is 1.74. The molecule has 0 bridgehead atoms. The number of carbonyl (C=O) groups excluding carboxylic acids is 2. The highest BCUT2D eigenvalue weighted by molar-refractivity contribution is 8.00. The number of carbonyl (C=O) groups is 2. The van der Waals surface area contributed by atoms with Gasteiger partial charge in [0.2, 0.25) is 5.91 Å². The molecule has 1 unspecified atom stereocenters. The molecule has 1 aromatic carbocycles. The Morgan fingerprint density at radius 3 is 2.96 bits per heavy atom. The van der Waals surface area contributed by atoms with Gasteiger partial charge in [0, 0.05) is 15.5 Å². The van der Waals surface area contributed by atoms with Crippen molar-refractivity contribution in [2.45, 2.75) is 31.1 Å². The van der Waals surface area contributed by atoms with E-state index in [0.29, 0.717) is 22.2 Å². The summed E-state index contributed by atoms with van der Waals surface area (Å²) < 4.78 is 4.95. The molecule has 138 valence electrons. The van der Waals surface area contributed by atoms with Crippen LogP contribution >= 0.6 is 23.1 Å². The molecule has 0 aliphatic heterocycles. The van der Waals surface area contributed by atoms with Crippen molar-refractivity contribution in [3.63, 3.8) is 0 Å². The molecule has 26 heavy (non-hydrogen) atoms. The first-order valence-corrected chi connectivity index (χ1v) is 10.3. The third-order valence-electron chi connectivity index (χ3n) is 4.38. The molecule has 1 aromatic heterocycles. The molecule has 1 atom stereocenters. The molecule has 3 N–H and O–H groups in total. The van der Waals surface area contributed by atoms with Gasteiger partial charge in [0.05, 0.1) is 18.4 Å². The number of anilines is 2. The molecule has 0 spiro atoms. The lowest BCUT2D eigenvalue weighted by Gasteiger charge is -2.18. The third-order valence-corrected chi connectivity index (χ3v) is 6.55. The Bertz CT molecular complexity index is 832. The second-order valence-corrected chi connectivity index (χ2v) is 8.61. The summed E-state index contributed by atoms with van der Waals surface area (Å²) >= 11 is 2.91. The van der Waals surface area contributed by atoms with Crippen LogP contribution in [-0.4, -0.2) is 24.7 Å². The molecule has 2 aromatic rings. The van der Waals surface area contributed by atoms with E-state index in [2.05, 4.69) is 12.2 Å². The number of rotatable bonds is 5. The van der Waals surface area contributed by atoms with E-state index >= 15 is 0 Å². The molecule has 7 heteroatoms. The Morgan fingerprint density at radius 2 is 2.23 bits per heavy atom. The summed E-state index contributed by atoms with van der Waals surface area (Å²) in [5.74, 6) is 0.322. The molecular formula is C19H22N2O3S2. The van der Waals surface area contributed by atoms with Crippen LogP contribution in [0, 0.1) is 5.92 Å². The quantitative estimate of drug-likeness (QED) is 0.459. The number of methoxy groups -OCH3 is 1. The maximum Gasteiger partial charge on any atom is 0.341 e. The maximum atomic E-state index is 12.4. The monoisotopic (exact) mass is 390 g/mol. The van der Waals surface area contributed by atoms with E-state index < -0.39 is 0 Å². The number of hydrogen-bond acceptors (Lipinski definition) is 6. The van der Waals surface area contributed by atoms with Crippen LogP contribution in [0.3, 0.4) is 0 Å². The Labute approximate surface area is 161 Å². The summed E-state index contributed by atoms with van der Waals surface area (Å²) in [5, 5.41) is 3.52. The lowest BCUT2D eigenvalue weighted by Crippen LogP contribution is -2.17. The fourth-order valence-electron chi connectivity index (χ4n) is 3.07. The summed E-state index contributed by atoms with van der Waals surface area (Å²) in [4.78, 5) is 26.8. The Kier molecular flexibility index (Phi) is 5.88. The van der Waals surface area contributed by atoms with Gasteiger partial charge in [0.1, 0.15) is 5.00 Å². The highest BCUT2D eigenvalue weighted by Crippen LogP contribution is 2.40. The molecular weight excluding hydrogens is 368 g/mol. The van der Waals surface area contributed by atoms with Gasteiger partial charge in [-0.05, 0) is 48.9 Å². The number of nitrogen functional groups attached to an aromatic ring is 1. The number of esters is 1. The molecule has 5 nitrogen and oxygen atoms in total. The molecule has 1 aliphatic carbocycles. The van der Waals surface area contributed by atoms with Crippen molar-refractivity contribution in [3.05, 3.63) is 40.3 Å². The van der Waals surface area contributed by atoms with E-state index in [4.69, 9.17) is 10.5 Å². The first kappa shape index (κ1) is 18.8. The number of fused-ring (bicyclic) bond motifs is 1. The SMILES string of the molecule is COC(=O)c1c(NC(=O)CSc2cccc(N)c2)sc2c1CCC(C)C2. The van der Waals surface area contributed by atoms with Gasteiger partial charge in [-0.25, -0.2) is 4.79 Å². The zero-order valence-corrected chi connectivity index (χ0v) is 16.5. The number of amides is 1. The van der Waals surface area contributed by atoms with Crippen LogP contribution in [0.2, 0.25) is 0 Å². The first-order chi connectivity index (χ1) is 12.5. The summed E-state index contributed by atoms with van der Waals surface area (Å²) in [6, 6.07) is 7.42. The Hall–Kier alpha value is -1.99. The van der Waals surface area contributed by atoms with E-state index in [0.717, 1.165) is 29.7 Å². The second-order valence-electron chi connectivity index (χ2n) is 6.46. The van der Waals surface area contributed by atoms with Gasteiger partial charge >= 0.3 is 5.97 Å². The molecule has 0 radical (unpaired) electrons. The molecule has 3 rings (SSSR count). The highest BCUT2D eigenvalue weighted by Gasteiger charge is 2.28. The highest BCUT2D eigenvalue weighted by atomic mass is 32.2. The zero-order chi connectivity index (χ0) is 18.7. The molecule has 0 saturated heterocycles. The summed E-state index contributed by atoms with van der Waals surface area (Å²) in [6.07, 6.45) is 2.84. The standard InChI is InChI=1S/C19H22N2O3S2/c1-11-6-7-14-15(8-11)26-18(17(14)19(23)24-2)21-16(22)10-25-13-5-3-4-12(20)9-13/h3-5,9,11H,6-8,10,20H2,1-2H3,(H,21,22). The number of thiophene rings is 1. The molecule has 0 fully saturated rings. The minimum absolute atomic E-state index is 0.144. The van der Waals surface area contributed by atoms with Gasteiger partial charge in [-0.3, -0.25) is 4.79 Å². The van der Waals surface area contributed by atoms with Crippen molar-refractivity contribution in [1.29, 1.82) is 0 Å². The van der Waals surface area contributed by atoms with Crippen molar-refractivity contribution < 1.29 is 14.3 Å². The summed E-state index contributed by atoms with van der Waals surface area (Å²) in [5.41, 5.74) is 8.00. The van der Waals surface area contributed by atoms with Crippen LogP contribution < -0.4 is 11.1 Å². The Morgan fingerprint density at radius 1 is 1.42 bits per heavy atom. The summed E-state index contributed by atoms with van der Waals surface area (Å²) in [7, 11) is 1.37. The normalized spacial score (nSPS) is 16.0. The number of nitrogens with two attached hydrogens (primary N) is 1. The van der Waals surface area contributed by atoms with Crippen LogP contribution in [0.1, 0.15) is 34.1 Å². The van der Waals surface area contributed by atoms with Gasteiger partial charge in [-0.1, -0.05) is 13.0 Å². The number of benzene rings is 1. The van der Waals surface area contributed by atoms with Gasteiger partial charge in [0.25, 0.3) is 0 Å². The minimum atomic E-state index is -0.379. The van der Waals surface area contributed by atoms with Gasteiger partial charge in [-0.15, -0.1) is 23.1 Å². The number of ether oxygens (including phenoxy) is 1. The fourth-order valence-corrected chi connectivity index (χ4v) is 5.25. The van der Waals surface area contributed by atoms with Crippen LogP contribution in [0.25, 0.3) is 0 Å². The number of nitrogens with one attached hydrogen (secondary N) is 1.